The fraction of sp³-hybridized carbons (Fsp3) is 0.348. The summed E-state index contributed by atoms with van der Waals surface area (Å²) in [6.45, 7) is 5.95. The van der Waals surface area contributed by atoms with E-state index in [1.165, 1.54) is 6.07 Å². The number of carbonyl (C=O) groups is 2. The van der Waals surface area contributed by atoms with Gasteiger partial charge in [0.05, 0.1) is 0 Å². The fourth-order valence-corrected chi connectivity index (χ4v) is 5.21. The van der Waals surface area contributed by atoms with Crippen LogP contribution in [0.4, 0.5) is 0 Å². The molecular weight excluding hydrogens is 444 g/mol. The molecule has 174 valence electrons. The lowest BCUT2D eigenvalue weighted by atomic mass is 10.1. The van der Waals surface area contributed by atoms with Crippen LogP contribution in [0.1, 0.15) is 36.5 Å². The lowest BCUT2D eigenvalue weighted by Gasteiger charge is -2.26. The van der Waals surface area contributed by atoms with E-state index in [1.807, 2.05) is 26.0 Å². The Morgan fingerprint density at radius 1 is 1.12 bits per heavy atom. The van der Waals surface area contributed by atoms with Gasteiger partial charge in [-0.15, -0.1) is 4.40 Å². The number of amidine groups is 1. The second-order valence-electron chi connectivity index (χ2n) is 8.17. The molecule has 1 saturated heterocycles. The van der Waals surface area contributed by atoms with Crippen molar-refractivity contribution in [3.8, 4) is 5.75 Å². The number of ether oxygens (including phenoxy) is 1. The van der Waals surface area contributed by atoms with Crippen LogP contribution in [0.2, 0.25) is 0 Å². The number of amides is 2. The highest BCUT2D eigenvalue weighted by atomic mass is 32.2. The van der Waals surface area contributed by atoms with Gasteiger partial charge in [0.25, 0.3) is 21.8 Å². The van der Waals surface area contributed by atoms with Crippen molar-refractivity contribution in [1.82, 2.24) is 15.8 Å². The average Bonchev–Trinajstić information content (AvgIpc) is 3.38. The Kier molecular flexibility index (Phi) is 6.11. The predicted molar refractivity (Wildman–Crippen MR) is 122 cm³/mol. The Bertz CT molecular complexity index is 1240. The van der Waals surface area contributed by atoms with E-state index in [0.29, 0.717) is 30.7 Å². The van der Waals surface area contributed by atoms with Crippen LogP contribution in [0.15, 0.2) is 51.8 Å². The molecule has 33 heavy (non-hydrogen) atoms. The minimum atomic E-state index is -3.79. The second-order valence-corrected chi connectivity index (χ2v) is 9.75. The largest absolute Gasteiger partial charge is 0.481 e. The summed E-state index contributed by atoms with van der Waals surface area (Å²) in [5.41, 5.74) is 7.33. The smallest absolute Gasteiger partial charge is 0.285 e. The second kappa shape index (κ2) is 8.86. The zero-order chi connectivity index (χ0) is 23.8. The zero-order valence-corrected chi connectivity index (χ0v) is 19.5. The molecular formula is C23H26N4O5S. The standard InChI is InChI=1S/C23H26N4O5S/c1-14-8-6-11-19(15(14)2)32-16(3)22(28)24-25-23(29)18-10-7-13-27(18)21-17-9-4-5-12-20(17)33(30,31)26-21/h4-6,8-9,11-12,16,18H,7,10,13H2,1-3H3,(H,24,28)(H,25,29)/t16?,18-/m0/s1. The molecule has 2 N–H and O–H groups in total. The van der Waals surface area contributed by atoms with Crippen molar-refractivity contribution in [1.29, 1.82) is 0 Å². The van der Waals surface area contributed by atoms with Crippen LogP contribution in [0, 0.1) is 13.8 Å². The number of hydrogen-bond donors (Lipinski definition) is 2. The van der Waals surface area contributed by atoms with Crippen LogP contribution < -0.4 is 15.6 Å². The van der Waals surface area contributed by atoms with Crippen molar-refractivity contribution < 1.29 is 22.7 Å². The molecule has 2 aliphatic rings. The van der Waals surface area contributed by atoms with Gasteiger partial charge in [0.15, 0.2) is 11.9 Å². The Morgan fingerprint density at radius 2 is 1.88 bits per heavy atom. The molecule has 0 radical (unpaired) electrons. The van der Waals surface area contributed by atoms with Gasteiger partial charge in [-0.25, -0.2) is 0 Å². The third kappa shape index (κ3) is 4.43. The van der Waals surface area contributed by atoms with Crippen LogP contribution in [-0.4, -0.2) is 49.7 Å². The van der Waals surface area contributed by atoms with E-state index in [0.717, 1.165) is 11.1 Å². The average molecular weight is 471 g/mol. The summed E-state index contributed by atoms with van der Waals surface area (Å²) >= 11 is 0. The van der Waals surface area contributed by atoms with Crippen molar-refractivity contribution in [2.75, 3.05) is 6.54 Å². The molecule has 2 aliphatic heterocycles. The molecule has 2 aromatic rings. The van der Waals surface area contributed by atoms with Gasteiger partial charge >= 0.3 is 0 Å². The Morgan fingerprint density at radius 3 is 2.67 bits per heavy atom. The summed E-state index contributed by atoms with van der Waals surface area (Å²) in [6.07, 6.45) is 0.374. The summed E-state index contributed by atoms with van der Waals surface area (Å²) in [4.78, 5) is 27.2. The van der Waals surface area contributed by atoms with E-state index in [-0.39, 0.29) is 10.7 Å². The van der Waals surface area contributed by atoms with Gasteiger partial charge in [-0.05, 0) is 62.9 Å². The first-order chi connectivity index (χ1) is 15.7. The number of likely N-dealkylation sites (tertiary alicyclic amines) is 1. The van der Waals surface area contributed by atoms with Crippen molar-refractivity contribution in [3.05, 3.63) is 59.2 Å². The molecule has 1 unspecified atom stereocenters. The van der Waals surface area contributed by atoms with Gasteiger partial charge in [-0.2, -0.15) is 8.42 Å². The van der Waals surface area contributed by atoms with Crippen molar-refractivity contribution in [2.24, 2.45) is 4.40 Å². The van der Waals surface area contributed by atoms with Gasteiger partial charge < -0.3 is 9.64 Å². The monoisotopic (exact) mass is 470 g/mol. The molecule has 0 bridgehead atoms. The summed E-state index contributed by atoms with van der Waals surface area (Å²) in [6, 6.07) is 11.5. The van der Waals surface area contributed by atoms with Gasteiger partial charge in [0.2, 0.25) is 0 Å². The van der Waals surface area contributed by atoms with Crippen molar-refractivity contribution in [3.63, 3.8) is 0 Å². The molecule has 2 amide bonds. The van der Waals surface area contributed by atoms with Crippen LogP contribution in [0.25, 0.3) is 0 Å². The number of nitrogens with one attached hydrogen (secondary N) is 2. The van der Waals surface area contributed by atoms with Gasteiger partial charge in [0.1, 0.15) is 16.7 Å². The Balaban J connectivity index is 1.40. The molecule has 2 aromatic carbocycles. The zero-order valence-electron chi connectivity index (χ0n) is 18.7. The Hall–Kier alpha value is -3.40. The molecule has 0 aliphatic carbocycles. The highest BCUT2D eigenvalue weighted by molar-refractivity contribution is 7.90. The van der Waals surface area contributed by atoms with E-state index < -0.39 is 34.0 Å². The predicted octanol–water partition coefficient (Wildman–Crippen LogP) is 1.83. The highest BCUT2D eigenvalue weighted by Crippen LogP contribution is 2.31. The number of hydrogen-bond acceptors (Lipinski definition) is 6. The van der Waals surface area contributed by atoms with Crippen LogP contribution >= 0.6 is 0 Å². The maximum Gasteiger partial charge on any atom is 0.285 e. The van der Waals surface area contributed by atoms with Gasteiger partial charge in [-0.1, -0.05) is 24.3 Å². The summed E-state index contributed by atoms with van der Waals surface area (Å²) in [5.74, 6) is -0.0736. The van der Waals surface area contributed by atoms with Crippen LogP contribution in [-0.2, 0) is 19.6 Å². The normalized spacial score (nSPS) is 19.4. The minimum absolute atomic E-state index is 0.136. The minimum Gasteiger partial charge on any atom is -0.481 e. The van der Waals surface area contributed by atoms with E-state index in [1.54, 1.807) is 36.1 Å². The maximum absolute atomic E-state index is 12.9. The van der Waals surface area contributed by atoms with Crippen LogP contribution in [0.5, 0.6) is 5.75 Å². The van der Waals surface area contributed by atoms with Crippen molar-refractivity contribution >= 4 is 27.7 Å². The molecule has 0 aromatic heterocycles. The first kappa shape index (κ1) is 22.8. The maximum atomic E-state index is 12.9. The number of hydrazine groups is 1. The third-order valence-electron chi connectivity index (χ3n) is 5.98. The van der Waals surface area contributed by atoms with Crippen LogP contribution in [0.3, 0.4) is 0 Å². The third-order valence-corrected chi connectivity index (χ3v) is 7.30. The number of benzene rings is 2. The van der Waals surface area contributed by atoms with Crippen molar-refractivity contribution in [2.45, 2.75) is 50.7 Å². The quantitative estimate of drug-likeness (QED) is 0.659. The molecule has 9 nitrogen and oxygen atoms in total. The lowest BCUT2D eigenvalue weighted by Crippen LogP contribution is -2.53. The topological polar surface area (TPSA) is 117 Å². The number of aryl methyl sites for hydroxylation is 1. The fourth-order valence-electron chi connectivity index (χ4n) is 3.99. The molecule has 0 spiro atoms. The molecule has 2 heterocycles. The molecule has 4 rings (SSSR count). The van der Waals surface area contributed by atoms with Gasteiger partial charge in [-0.3, -0.25) is 20.4 Å². The summed E-state index contributed by atoms with van der Waals surface area (Å²) < 4.78 is 34.5. The number of carbonyl (C=O) groups excluding carboxylic acids is 2. The molecule has 1 fully saturated rings. The molecule has 2 atom stereocenters. The molecule has 0 saturated carbocycles. The summed E-state index contributed by atoms with van der Waals surface area (Å²) in [5, 5.41) is 0. The van der Waals surface area contributed by atoms with E-state index in [9.17, 15) is 18.0 Å². The number of rotatable bonds is 4. The van der Waals surface area contributed by atoms with E-state index in [2.05, 4.69) is 15.2 Å². The molecule has 10 heteroatoms. The first-order valence-corrected chi connectivity index (χ1v) is 12.2. The highest BCUT2D eigenvalue weighted by Gasteiger charge is 2.39. The first-order valence-electron chi connectivity index (χ1n) is 10.7. The summed E-state index contributed by atoms with van der Waals surface area (Å²) in [7, 11) is -3.79. The number of nitrogens with zero attached hydrogens (tertiary/aromatic N) is 2. The lowest BCUT2D eigenvalue weighted by molar-refractivity contribution is -0.134. The Labute approximate surface area is 192 Å². The SMILES string of the molecule is Cc1cccc(OC(C)C(=O)NNC(=O)[C@@H]2CCCN2C2=NS(=O)(=O)c3ccccc32)c1C. The number of fused-ring (bicyclic) bond motifs is 1. The van der Waals surface area contributed by atoms with Gasteiger partial charge in [0, 0.05) is 12.1 Å². The number of sulfonamides is 1. The van der Waals surface area contributed by atoms with E-state index in [4.69, 9.17) is 4.74 Å². The van der Waals surface area contributed by atoms with E-state index >= 15 is 0 Å².